The first kappa shape index (κ1) is 42.7. The van der Waals surface area contributed by atoms with Gasteiger partial charge in [0.05, 0.1) is 60.0 Å². The van der Waals surface area contributed by atoms with E-state index >= 15 is 0 Å². The average molecular weight is 772 g/mol. The number of carbonyl (C=O) groups excluding carboxylic acids is 2. The molecule has 18 nitrogen and oxygen atoms in total. The summed E-state index contributed by atoms with van der Waals surface area (Å²) >= 11 is 0. The number of amides is 2. The molecule has 0 aliphatic heterocycles. The van der Waals surface area contributed by atoms with Crippen LogP contribution >= 0.6 is 0 Å². The molecule has 0 fully saturated rings. The Balaban J connectivity index is 1.20. The van der Waals surface area contributed by atoms with E-state index in [0.29, 0.717) is 114 Å². The molecule has 0 aliphatic rings. The molecule has 5 N–H and O–H groups in total. The summed E-state index contributed by atoms with van der Waals surface area (Å²) in [5.74, 6) is 1.46. The largest absolute Gasteiger partial charge is 0.497 e. The second-order valence-corrected chi connectivity index (χ2v) is 11.7. The molecule has 0 aliphatic carbocycles. The number of azide groups is 1. The summed E-state index contributed by atoms with van der Waals surface area (Å²) in [4.78, 5) is 41.0. The van der Waals surface area contributed by atoms with Gasteiger partial charge in [-0.25, -0.2) is 0 Å². The lowest BCUT2D eigenvalue weighted by molar-refractivity contribution is 0.0511. The number of methoxy groups -OCH3 is 1. The summed E-state index contributed by atoms with van der Waals surface area (Å²) in [7, 11) is 1.64. The fraction of sp³-hybridized carbons (Fsp3) is 0.395. The van der Waals surface area contributed by atoms with Crippen LogP contribution in [0.3, 0.4) is 0 Å². The van der Waals surface area contributed by atoms with Crippen LogP contribution in [0.25, 0.3) is 10.4 Å². The van der Waals surface area contributed by atoms with E-state index in [1.807, 2.05) is 42.5 Å². The molecular formula is C38H49N11O7. The van der Waals surface area contributed by atoms with E-state index in [-0.39, 0.29) is 18.4 Å². The van der Waals surface area contributed by atoms with Crippen molar-refractivity contribution in [3.8, 4) is 5.75 Å². The zero-order valence-electron chi connectivity index (χ0n) is 31.4. The van der Waals surface area contributed by atoms with Crippen LogP contribution in [0, 0.1) is 0 Å². The molecule has 0 saturated carbocycles. The van der Waals surface area contributed by atoms with Gasteiger partial charge in [-0.15, -0.1) is 0 Å². The van der Waals surface area contributed by atoms with Gasteiger partial charge in [-0.3, -0.25) is 9.59 Å². The highest BCUT2D eigenvalue weighted by atomic mass is 16.5. The normalized spacial score (nSPS) is 10.6. The molecule has 1 heterocycles. The van der Waals surface area contributed by atoms with Gasteiger partial charge < -0.3 is 50.3 Å². The van der Waals surface area contributed by atoms with Crippen molar-refractivity contribution in [2.45, 2.75) is 6.42 Å². The highest BCUT2D eigenvalue weighted by molar-refractivity contribution is 5.94. The van der Waals surface area contributed by atoms with Gasteiger partial charge in [0.25, 0.3) is 11.8 Å². The lowest BCUT2D eigenvalue weighted by Gasteiger charge is -2.12. The predicted octanol–water partition coefficient (Wildman–Crippen LogP) is 4.23. The van der Waals surface area contributed by atoms with Crippen LogP contribution in [-0.2, 0) is 25.4 Å². The fourth-order valence-electron chi connectivity index (χ4n) is 4.83. The molecule has 4 aromatic rings. The lowest BCUT2D eigenvalue weighted by Crippen LogP contribution is -2.27. The maximum Gasteiger partial charge on any atom is 0.251 e. The smallest absolute Gasteiger partial charge is 0.251 e. The Morgan fingerprint density at radius 2 is 1.16 bits per heavy atom. The third-order valence-corrected chi connectivity index (χ3v) is 7.67. The maximum absolute atomic E-state index is 12.6. The topological polar surface area (TPSA) is 228 Å². The summed E-state index contributed by atoms with van der Waals surface area (Å²) in [6.45, 7) is 4.95. The molecular weight excluding hydrogens is 722 g/mol. The van der Waals surface area contributed by atoms with Crippen LogP contribution < -0.4 is 31.3 Å². The van der Waals surface area contributed by atoms with Crippen molar-refractivity contribution in [3.63, 3.8) is 0 Å². The number of carbonyl (C=O) groups is 2. The van der Waals surface area contributed by atoms with Crippen LogP contribution in [0.4, 0.5) is 23.5 Å². The van der Waals surface area contributed by atoms with E-state index in [1.54, 1.807) is 43.5 Å². The van der Waals surface area contributed by atoms with Crippen molar-refractivity contribution < 1.29 is 33.3 Å². The zero-order chi connectivity index (χ0) is 39.5. The van der Waals surface area contributed by atoms with E-state index < -0.39 is 0 Å². The molecule has 1 aromatic heterocycles. The first-order valence-electron chi connectivity index (χ1n) is 18.2. The van der Waals surface area contributed by atoms with Crippen LogP contribution in [0.2, 0.25) is 0 Å². The van der Waals surface area contributed by atoms with Crippen LogP contribution in [0.1, 0.15) is 26.3 Å². The Bertz CT molecular complexity index is 1780. The molecule has 0 bridgehead atoms. The third-order valence-electron chi connectivity index (χ3n) is 7.67. The molecule has 0 atom stereocenters. The molecule has 56 heavy (non-hydrogen) atoms. The number of ether oxygens (including phenoxy) is 5. The number of anilines is 4. The minimum Gasteiger partial charge on any atom is -0.497 e. The minimum absolute atomic E-state index is 0.138. The maximum atomic E-state index is 12.6. The molecule has 0 saturated heterocycles. The Kier molecular flexibility index (Phi) is 19.7. The minimum atomic E-state index is -0.234. The SMILES string of the molecule is COc1ccc(CCNc2nc(NCCOCCOCCNC(=O)c3ccccc3)nc(Nc3ccc(C(=O)NCCOCCOCCN=[N+]=[N-])cc3)n2)cc1. The van der Waals surface area contributed by atoms with Gasteiger partial charge in [0, 0.05) is 54.4 Å². The summed E-state index contributed by atoms with van der Waals surface area (Å²) in [5, 5.41) is 18.7. The lowest BCUT2D eigenvalue weighted by atomic mass is 10.1. The molecule has 0 spiro atoms. The summed E-state index contributed by atoms with van der Waals surface area (Å²) in [6.07, 6.45) is 0.737. The van der Waals surface area contributed by atoms with E-state index in [9.17, 15) is 9.59 Å². The quantitative estimate of drug-likeness (QED) is 0.0236. The van der Waals surface area contributed by atoms with Gasteiger partial charge in [-0.1, -0.05) is 35.4 Å². The summed E-state index contributed by atoms with van der Waals surface area (Å²) in [5.41, 5.74) is 11.1. The molecule has 0 radical (unpaired) electrons. The van der Waals surface area contributed by atoms with E-state index in [0.717, 1.165) is 17.7 Å². The Hall–Kier alpha value is -6.04. The summed E-state index contributed by atoms with van der Waals surface area (Å²) in [6, 6.07) is 23.8. The first-order chi connectivity index (χ1) is 27.5. The second kappa shape index (κ2) is 25.9. The molecule has 298 valence electrons. The number of hydrogen-bond donors (Lipinski definition) is 5. The Labute approximate surface area is 325 Å². The number of benzene rings is 3. The Morgan fingerprint density at radius 1 is 0.625 bits per heavy atom. The molecule has 18 heteroatoms. The van der Waals surface area contributed by atoms with Gasteiger partial charge in [-0.2, -0.15) is 15.0 Å². The molecule has 0 unspecified atom stereocenters. The predicted molar refractivity (Wildman–Crippen MR) is 212 cm³/mol. The van der Waals surface area contributed by atoms with Gasteiger partial charge >= 0.3 is 0 Å². The van der Waals surface area contributed by atoms with Crippen LogP contribution in [-0.4, -0.2) is 119 Å². The third kappa shape index (κ3) is 17.0. The van der Waals surface area contributed by atoms with Crippen LogP contribution in [0.15, 0.2) is 84.0 Å². The summed E-state index contributed by atoms with van der Waals surface area (Å²) < 4.78 is 27.2. The number of nitrogens with zero attached hydrogens (tertiary/aromatic N) is 6. The van der Waals surface area contributed by atoms with Crippen molar-refractivity contribution in [1.29, 1.82) is 0 Å². The highest BCUT2D eigenvalue weighted by Crippen LogP contribution is 2.17. The molecule has 4 rings (SSSR count). The standard InChI is InChI=1S/C38H49N11O7/c1-52-33-13-7-29(8-14-33)15-16-42-36-46-37(43-19-23-55-26-25-53-21-17-40-34(50)30-5-3-2-4-6-30)48-38(47-36)45-32-11-9-31(10-12-32)35(51)41-18-22-54-27-28-56-24-20-44-49-39/h2-14H,15-28H2,1H3,(H,40,50)(H,41,51)(H3,42,43,45,46,47,48). The zero-order valence-corrected chi connectivity index (χ0v) is 31.4. The van der Waals surface area contributed by atoms with Crippen molar-refractivity contribution >= 4 is 35.3 Å². The number of hydrogen-bond acceptors (Lipinski definition) is 14. The van der Waals surface area contributed by atoms with Crippen LogP contribution in [0.5, 0.6) is 5.75 Å². The van der Waals surface area contributed by atoms with E-state index in [4.69, 9.17) is 29.2 Å². The van der Waals surface area contributed by atoms with Gasteiger partial charge in [0.15, 0.2) is 0 Å². The van der Waals surface area contributed by atoms with Gasteiger partial charge in [0.1, 0.15) is 5.75 Å². The number of rotatable bonds is 28. The number of aromatic nitrogens is 3. The van der Waals surface area contributed by atoms with Gasteiger partial charge in [0.2, 0.25) is 17.8 Å². The Morgan fingerprint density at radius 3 is 1.75 bits per heavy atom. The van der Waals surface area contributed by atoms with Crippen molar-refractivity contribution in [1.82, 2.24) is 25.6 Å². The van der Waals surface area contributed by atoms with E-state index in [2.05, 4.69) is 51.6 Å². The molecule has 2 amide bonds. The van der Waals surface area contributed by atoms with Crippen molar-refractivity contribution in [2.24, 2.45) is 5.11 Å². The highest BCUT2D eigenvalue weighted by Gasteiger charge is 2.10. The monoisotopic (exact) mass is 771 g/mol. The average Bonchev–Trinajstić information content (AvgIpc) is 3.23. The van der Waals surface area contributed by atoms with Crippen molar-refractivity contribution in [2.75, 3.05) is 109 Å². The fourth-order valence-corrected chi connectivity index (χ4v) is 4.83. The second-order valence-electron chi connectivity index (χ2n) is 11.7. The molecule has 3 aromatic carbocycles. The van der Waals surface area contributed by atoms with E-state index in [1.165, 1.54) is 0 Å². The van der Waals surface area contributed by atoms with Crippen molar-refractivity contribution in [3.05, 3.63) is 106 Å². The first-order valence-corrected chi connectivity index (χ1v) is 18.2. The van der Waals surface area contributed by atoms with Gasteiger partial charge in [-0.05, 0) is 66.0 Å². The number of nitrogens with one attached hydrogen (secondary N) is 5.